The molecule has 1 spiro atoms. The largest absolute Gasteiger partial charge is 0.492 e. The van der Waals surface area contributed by atoms with E-state index in [1.54, 1.807) is 6.92 Å². The summed E-state index contributed by atoms with van der Waals surface area (Å²) >= 11 is 0. The molecule has 0 aliphatic heterocycles. The molecular weight excluding hydrogens is 354 g/mol. The molecule has 1 unspecified atom stereocenters. The lowest BCUT2D eigenvalue weighted by atomic mass is 9.75. The standard InChI is InChI=1S/C18H23N3O4S/c1-4-25-15-7-6-13(26(23,24)21(2)3)10-14(15)20-16(22)18(12-19)11-17(18)8-5-9-17/h6-7,10H,4-5,8-9,11H2,1-3H3,(H,20,22). The van der Waals surface area contributed by atoms with Crippen LogP contribution in [0.3, 0.4) is 0 Å². The van der Waals surface area contributed by atoms with Crippen molar-refractivity contribution in [2.45, 2.75) is 37.5 Å². The van der Waals surface area contributed by atoms with E-state index < -0.39 is 15.4 Å². The van der Waals surface area contributed by atoms with E-state index in [1.807, 2.05) is 0 Å². The van der Waals surface area contributed by atoms with Crippen molar-refractivity contribution < 1.29 is 17.9 Å². The lowest BCUT2D eigenvalue weighted by Crippen LogP contribution is -2.32. The fourth-order valence-electron chi connectivity index (χ4n) is 3.69. The second-order valence-electron chi connectivity index (χ2n) is 7.16. The van der Waals surface area contributed by atoms with Crippen LogP contribution in [0.4, 0.5) is 5.69 Å². The number of hydrogen-bond donors (Lipinski definition) is 1. The van der Waals surface area contributed by atoms with Gasteiger partial charge in [0.05, 0.1) is 23.3 Å². The van der Waals surface area contributed by atoms with E-state index in [9.17, 15) is 18.5 Å². The highest BCUT2D eigenvalue weighted by Gasteiger charge is 2.74. The summed E-state index contributed by atoms with van der Waals surface area (Å²) < 4.78 is 31.4. The van der Waals surface area contributed by atoms with Crippen molar-refractivity contribution in [2.24, 2.45) is 10.8 Å². The van der Waals surface area contributed by atoms with Crippen molar-refractivity contribution in [1.82, 2.24) is 4.31 Å². The van der Waals surface area contributed by atoms with Crippen LogP contribution in [-0.2, 0) is 14.8 Å². The molecule has 8 heteroatoms. The molecule has 1 amide bonds. The summed E-state index contributed by atoms with van der Waals surface area (Å²) in [6.07, 6.45) is 3.39. The molecule has 3 rings (SSSR count). The van der Waals surface area contributed by atoms with Gasteiger partial charge in [0, 0.05) is 19.5 Å². The van der Waals surface area contributed by atoms with Gasteiger partial charge in [0.2, 0.25) is 15.9 Å². The summed E-state index contributed by atoms with van der Waals surface area (Å²) in [4.78, 5) is 12.9. The number of benzene rings is 1. The minimum atomic E-state index is -3.65. The molecule has 2 saturated carbocycles. The van der Waals surface area contributed by atoms with E-state index in [2.05, 4.69) is 11.4 Å². The van der Waals surface area contributed by atoms with Gasteiger partial charge in [0.25, 0.3) is 0 Å². The molecule has 2 aliphatic carbocycles. The fourth-order valence-corrected chi connectivity index (χ4v) is 4.62. The molecule has 0 radical (unpaired) electrons. The van der Waals surface area contributed by atoms with Crippen molar-refractivity contribution in [2.75, 3.05) is 26.0 Å². The van der Waals surface area contributed by atoms with Crippen LogP contribution >= 0.6 is 0 Å². The smallest absolute Gasteiger partial charge is 0.245 e. The van der Waals surface area contributed by atoms with Crippen molar-refractivity contribution in [3.8, 4) is 11.8 Å². The summed E-state index contributed by atoms with van der Waals surface area (Å²) in [6, 6.07) is 6.56. The van der Waals surface area contributed by atoms with Crippen LogP contribution in [0.25, 0.3) is 0 Å². The first-order chi connectivity index (χ1) is 12.2. The van der Waals surface area contributed by atoms with Gasteiger partial charge >= 0.3 is 0 Å². The number of nitriles is 1. The van der Waals surface area contributed by atoms with Crippen molar-refractivity contribution in [1.29, 1.82) is 5.26 Å². The monoisotopic (exact) mass is 377 g/mol. The molecule has 1 aromatic carbocycles. The predicted octanol–water partition coefficient (Wildman–Crippen LogP) is 2.36. The molecule has 7 nitrogen and oxygen atoms in total. The lowest BCUT2D eigenvalue weighted by Gasteiger charge is -2.29. The molecule has 1 aromatic rings. The Bertz CT molecular complexity index is 884. The third-order valence-electron chi connectivity index (χ3n) is 5.55. The number of carbonyl (C=O) groups is 1. The first-order valence-electron chi connectivity index (χ1n) is 8.64. The Morgan fingerprint density at radius 1 is 1.38 bits per heavy atom. The van der Waals surface area contributed by atoms with Crippen LogP contribution in [0.1, 0.15) is 32.6 Å². The number of carbonyl (C=O) groups excluding carboxylic acids is 1. The van der Waals surface area contributed by atoms with Crippen LogP contribution in [-0.4, -0.2) is 39.3 Å². The average Bonchev–Trinajstić information content (AvgIpc) is 3.28. The Balaban J connectivity index is 1.93. The van der Waals surface area contributed by atoms with Crippen molar-refractivity contribution in [3.63, 3.8) is 0 Å². The summed E-state index contributed by atoms with van der Waals surface area (Å²) in [7, 11) is -0.760. The van der Waals surface area contributed by atoms with Crippen LogP contribution in [0.15, 0.2) is 23.1 Å². The first-order valence-corrected chi connectivity index (χ1v) is 10.1. The van der Waals surface area contributed by atoms with E-state index >= 15 is 0 Å². The molecule has 2 aliphatic rings. The van der Waals surface area contributed by atoms with E-state index in [0.717, 1.165) is 23.6 Å². The van der Waals surface area contributed by atoms with Gasteiger partial charge < -0.3 is 10.1 Å². The predicted molar refractivity (Wildman–Crippen MR) is 96.1 cm³/mol. The quantitative estimate of drug-likeness (QED) is 0.820. The highest BCUT2D eigenvalue weighted by Crippen LogP contribution is 2.74. The van der Waals surface area contributed by atoms with Crippen LogP contribution in [0.2, 0.25) is 0 Å². The van der Waals surface area contributed by atoms with E-state index in [1.165, 1.54) is 32.3 Å². The summed E-state index contributed by atoms with van der Waals surface area (Å²) in [5.74, 6) is 0.00927. The summed E-state index contributed by atoms with van der Waals surface area (Å²) in [5, 5.41) is 12.3. The Morgan fingerprint density at radius 2 is 2.08 bits per heavy atom. The van der Waals surface area contributed by atoms with Gasteiger partial charge in [-0.15, -0.1) is 0 Å². The summed E-state index contributed by atoms with van der Waals surface area (Å²) in [5.41, 5.74) is -0.924. The Hall–Kier alpha value is -2.11. The number of sulfonamides is 1. The summed E-state index contributed by atoms with van der Waals surface area (Å²) in [6.45, 7) is 2.17. The Morgan fingerprint density at radius 3 is 2.54 bits per heavy atom. The maximum atomic E-state index is 12.8. The molecule has 0 saturated heterocycles. The lowest BCUT2D eigenvalue weighted by molar-refractivity contribution is -0.121. The molecule has 0 heterocycles. The van der Waals surface area contributed by atoms with Gasteiger partial charge in [0.15, 0.2) is 0 Å². The number of rotatable bonds is 6. The number of nitrogens with one attached hydrogen (secondary N) is 1. The van der Waals surface area contributed by atoms with Gasteiger partial charge in [-0.1, -0.05) is 6.42 Å². The van der Waals surface area contributed by atoms with E-state index in [0.29, 0.717) is 18.8 Å². The van der Waals surface area contributed by atoms with Crippen LogP contribution < -0.4 is 10.1 Å². The molecule has 140 valence electrons. The molecule has 2 fully saturated rings. The Labute approximate surface area is 154 Å². The fraction of sp³-hybridized carbons (Fsp3) is 0.556. The van der Waals surface area contributed by atoms with Crippen LogP contribution in [0.5, 0.6) is 5.75 Å². The first kappa shape index (κ1) is 18.7. The van der Waals surface area contributed by atoms with Gasteiger partial charge in [-0.2, -0.15) is 5.26 Å². The normalized spacial score (nSPS) is 23.2. The number of anilines is 1. The molecule has 0 aromatic heterocycles. The number of nitrogens with zero attached hydrogens (tertiary/aromatic N) is 2. The van der Waals surface area contributed by atoms with Gasteiger partial charge in [0.1, 0.15) is 11.2 Å². The second-order valence-corrected chi connectivity index (χ2v) is 9.31. The zero-order valence-electron chi connectivity index (χ0n) is 15.2. The SMILES string of the molecule is CCOc1ccc(S(=O)(=O)N(C)C)cc1NC(=O)C1(C#N)CC12CCC2. The second kappa shape index (κ2) is 6.25. The molecule has 1 N–H and O–H groups in total. The average molecular weight is 377 g/mol. The molecule has 0 bridgehead atoms. The van der Waals surface area contributed by atoms with Crippen LogP contribution in [0, 0.1) is 22.2 Å². The van der Waals surface area contributed by atoms with E-state index in [4.69, 9.17) is 4.74 Å². The maximum Gasteiger partial charge on any atom is 0.245 e. The third kappa shape index (κ3) is 2.66. The molecule has 1 atom stereocenters. The number of amides is 1. The molecular formula is C18H23N3O4S. The zero-order chi connectivity index (χ0) is 19.2. The zero-order valence-corrected chi connectivity index (χ0v) is 16.0. The highest BCUT2D eigenvalue weighted by atomic mass is 32.2. The van der Waals surface area contributed by atoms with Gasteiger partial charge in [-0.3, -0.25) is 4.79 Å². The minimum absolute atomic E-state index is 0.0569. The number of hydrogen-bond acceptors (Lipinski definition) is 5. The van der Waals surface area contributed by atoms with Gasteiger partial charge in [-0.25, -0.2) is 12.7 Å². The third-order valence-corrected chi connectivity index (χ3v) is 7.36. The molecule has 26 heavy (non-hydrogen) atoms. The van der Waals surface area contributed by atoms with Crippen molar-refractivity contribution in [3.05, 3.63) is 18.2 Å². The minimum Gasteiger partial charge on any atom is -0.492 e. The van der Waals surface area contributed by atoms with Gasteiger partial charge in [-0.05, 0) is 44.4 Å². The maximum absolute atomic E-state index is 12.8. The Kier molecular flexibility index (Phi) is 4.49. The van der Waals surface area contributed by atoms with E-state index in [-0.39, 0.29) is 21.9 Å². The topological polar surface area (TPSA) is 99.5 Å². The number of ether oxygens (including phenoxy) is 1. The highest BCUT2D eigenvalue weighted by molar-refractivity contribution is 7.89. The van der Waals surface area contributed by atoms with Crippen molar-refractivity contribution >= 4 is 21.6 Å².